The lowest BCUT2D eigenvalue weighted by Gasteiger charge is -2.16. The van der Waals surface area contributed by atoms with E-state index in [2.05, 4.69) is 15.0 Å². The van der Waals surface area contributed by atoms with E-state index in [0.29, 0.717) is 17.8 Å². The van der Waals surface area contributed by atoms with Crippen molar-refractivity contribution in [2.24, 2.45) is 0 Å². The fraction of sp³-hybridized carbons (Fsp3) is 0.583. The summed E-state index contributed by atoms with van der Waals surface area (Å²) in [6.45, 7) is 1.77. The minimum atomic E-state index is -1.23. The van der Waals surface area contributed by atoms with Crippen LogP contribution in [0.25, 0.3) is 11.2 Å². The van der Waals surface area contributed by atoms with Crippen LogP contribution in [0, 0.1) is 0 Å². The molecule has 0 spiro atoms. The van der Waals surface area contributed by atoms with Crippen LogP contribution < -0.4 is 10.5 Å². The lowest BCUT2D eigenvalue weighted by atomic mass is 10.1. The second-order valence-electron chi connectivity index (χ2n) is 4.87. The molecule has 0 bridgehead atoms. The average molecular weight is 311 g/mol. The number of hydrogen-bond donors (Lipinski definition) is 4. The van der Waals surface area contributed by atoms with Crippen LogP contribution >= 0.6 is 0 Å². The zero-order valence-corrected chi connectivity index (χ0v) is 11.8. The summed E-state index contributed by atoms with van der Waals surface area (Å²) >= 11 is 0. The number of rotatable bonds is 4. The van der Waals surface area contributed by atoms with Gasteiger partial charge in [-0.05, 0) is 6.92 Å². The third-order valence-electron chi connectivity index (χ3n) is 3.48. The van der Waals surface area contributed by atoms with E-state index in [0.717, 1.165) is 0 Å². The van der Waals surface area contributed by atoms with Crippen LogP contribution in [0.3, 0.4) is 0 Å². The topological polar surface area (TPSA) is 149 Å². The van der Waals surface area contributed by atoms with Crippen LogP contribution in [0.4, 0.5) is 5.95 Å². The van der Waals surface area contributed by atoms with Gasteiger partial charge in [-0.3, -0.25) is 4.57 Å². The number of hydrogen-bond acceptors (Lipinski definition) is 9. The molecule has 10 heteroatoms. The Morgan fingerprint density at radius 3 is 2.77 bits per heavy atom. The monoisotopic (exact) mass is 311 g/mol. The van der Waals surface area contributed by atoms with Gasteiger partial charge in [-0.1, -0.05) is 0 Å². The number of nitrogen functional groups attached to an aromatic ring is 1. The molecule has 0 unspecified atom stereocenters. The molecule has 2 aromatic rings. The van der Waals surface area contributed by atoms with E-state index in [1.165, 1.54) is 10.9 Å². The van der Waals surface area contributed by atoms with Gasteiger partial charge in [0.1, 0.15) is 18.3 Å². The Bertz CT molecular complexity index is 677. The molecule has 2 aromatic heterocycles. The summed E-state index contributed by atoms with van der Waals surface area (Å²) in [5.74, 6) is 0.222. The SMILES string of the molecule is CCOc1nc(N)nc2c1ncn2[C@@H]1O[C@H](CO)[C@@H](O)[C@@H]1O. The van der Waals surface area contributed by atoms with Gasteiger partial charge in [-0.15, -0.1) is 0 Å². The summed E-state index contributed by atoms with van der Waals surface area (Å²) in [7, 11) is 0. The van der Waals surface area contributed by atoms with Crippen LogP contribution in [0.5, 0.6) is 5.88 Å². The van der Waals surface area contributed by atoms with Crippen molar-refractivity contribution in [1.29, 1.82) is 0 Å². The van der Waals surface area contributed by atoms with Gasteiger partial charge < -0.3 is 30.5 Å². The van der Waals surface area contributed by atoms with Crippen molar-refractivity contribution in [2.45, 2.75) is 31.5 Å². The summed E-state index contributed by atoms with van der Waals surface area (Å²) in [5.41, 5.74) is 6.34. The predicted octanol–water partition coefficient (Wildman–Crippen LogP) is -1.58. The van der Waals surface area contributed by atoms with Crippen molar-refractivity contribution in [3.8, 4) is 5.88 Å². The normalized spacial score (nSPS) is 28.4. The maximum absolute atomic E-state index is 10.1. The third kappa shape index (κ3) is 2.25. The third-order valence-corrected chi connectivity index (χ3v) is 3.48. The molecule has 1 aliphatic rings. The zero-order chi connectivity index (χ0) is 15.9. The number of nitrogens with zero attached hydrogens (tertiary/aromatic N) is 4. The molecule has 0 saturated carbocycles. The molecule has 0 radical (unpaired) electrons. The maximum atomic E-state index is 10.1. The molecule has 4 atom stereocenters. The molecule has 0 aromatic carbocycles. The zero-order valence-electron chi connectivity index (χ0n) is 11.8. The standard InChI is InChI=1S/C12H17N5O5/c1-2-21-10-6-9(15-12(13)16-10)17(4-14-6)11-8(20)7(19)5(3-18)22-11/h4-5,7-8,11,18-20H,2-3H2,1H3,(H2,13,15,16)/t5-,7-,8+,11-/m1/s1. The summed E-state index contributed by atoms with van der Waals surface area (Å²) in [4.78, 5) is 12.2. The molecular weight excluding hydrogens is 294 g/mol. The molecule has 120 valence electrons. The van der Waals surface area contributed by atoms with E-state index in [4.69, 9.17) is 20.3 Å². The summed E-state index contributed by atoms with van der Waals surface area (Å²) in [5, 5.41) is 29.1. The van der Waals surface area contributed by atoms with Gasteiger partial charge in [0, 0.05) is 0 Å². The number of nitrogens with two attached hydrogens (primary N) is 1. The second-order valence-corrected chi connectivity index (χ2v) is 4.87. The molecule has 1 aliphatic heterocycles. The van der Waals surface area contributed by atoms with Crippen molar-refractivity contribution >= 4 is 17.1 Å². The van der Waals surface area contributed by atoms with Crippen LogP contribution in [0.2, 0.25) is 0 Å². The molecule has 0 aliphatic carbocycles. The Hall–Kier alpha value is -2.01. The Kier molecular flexibility index (Phi) is 3.83. The first-order valence-electron chi connectivity index (χ1n) is 6.82. The Balaban J connectivity index is 2.05. The second kappa shape index (κ2) is 5.65. The molecular formula is C12H17N5O5. The average Bonchev–Trinajstić information content (AvgIpc) is 3.02. The number of aliphatic hydroxyl groups excluding tert-OH is 3. The van der Waals surface area contributed by atoms with Gasteiger partial charge in [0.2, 0.25) is 11.8 Å². The molecule has 0 amide bonds. The van der Waals surface area contributed by atoms with E-state index < -0.39 is 31.1 Å². The minimum absolute atomic E-state index is 0.00977. The highest BCUT2D eigenvalue weighted by Crippen LogP contribution is 2.32. The lowest BCUT2D eigenvalue weighted by molar-refractivity contribution is -0.0511. The first kappa shape index (κ1) is 14.9. The smallest absolute Gasteiger partial charge is 0.247 e. The Morgan fingerprint density at radius 1 is 1.36 bits per heavy atom. The van der Waals surface area contributed by atoms with Gasteiger partial charge in [0.15, 0.2) is 17.4 Å². The molecule has 5 N–H and O–H groups in total. The van der Waals surface area contributed by atoms with Gasteiger partial charge >= 0.3 is 0 Å². The van der Waals surface area contributed by atoms with Crippen molar-refractivity contribution in [1.82, 2.24) is 19.5 Å². The van der Waals surface area contributed by atoms with Crippen LogP contribution in [-0.4, -0.2) is 66.4 Å². The fourth-order valence-electron chi connectivity index (χ4n) is 2.44. The molecule has 22 heavy (non-hydrogen) atoms. The number of ether oxygens (including phenoxy) is 2. The van der Waals surface area contributed by atoms with E-state index in [-0.39, 0.29) is 11.8 Å². The lowest BCUT2D eigenvalue weighted by Crippen LogP contribution is -2.33. The molecule has 1 fully saturated rings. The van der Waals surface area contributed by atoms with Crippen molar-refractivity contribution in [3.63, 3.8) is 0 Å². The summed E-state index contributed by atoms with van der Waals surface area (Å²) in [6.07, 6.45) is -2.88. The fourth-order valence-corrected chi connectivity index (χ4v) is 2.44. The maximum Gasteiger partial charge on any atom is 0.247 e. The van der Waals surface area contributed by atoms with Crippen LogP contribution in [0.1, 0.15) is 13.2 Å². The van der Waals surface area contributed by atoms with Gasteiger partial charge in [0.25, 0.3) is 0 Å². The van der Waals surface area contributed by atoms with E-state index >= 15 is 0 Å². The molecule has 3 heterocycles. The number of imidazole rings is 1. The van der Waals surface area contributed by atoms with Crippen molar-refractivity contribution < 1.29 is 24.8 Å². The largest absolute Gasteiger partial charge is 0.476 e. The first-order valence-corrected chi connectivity index (χ1v) is 6.82. The highest BCUT2D eigenvalue weighted by atomic mass is 16.6. The molecule has 3 rings (SSSR count). The summed E-state index contributed by atoms with van der Waals surface area (Å²) in [6, 6.07) is 0. The van der Waals surface area contributed by atoms with Gasteiger partial charge in [-0.2, -0.15) is 9.97 Å². The van der Waals surface area contributed by atoms with Gasteiger partial charge in [0.05, 0.1) is 19.5 Å². The Labute approximate surface area is 125 Å². The van der Waals surface area contributed by atoms with Crippen molar-refractivity contribution in [2.75, 3.05) is 18.9 Å². The highest BCUT2D eigenvalue weighted by Gasteiger charge is 2.44. The minimum Gasteiger partial charge on any atom is -0.476 e. The number of anilines is 1. The number of fused-ring (bicyclic) bond motifs is 1. The molecule has 10 nitrogen and oxygen atoms in total. The predicted molar refractivity (Wildman–Crippen MR) is 73.9 cm³/mol. The highest BCUT2D eigenvalue weighted by molar-refractivity contribution is 5.77. The molecule has 1 saturated heterocycles. The van der Waals surface area contributed by atoms with E-state index in [1.807, 2.05) is 0 Å². The summed E-state index contributed by atoms with van der Waals surface area (Å²) < 4.78 is 12.3. The Morgan fingerprint density at radius 2 is 2.14 bits per heavy atom. The quantitative estimate of drug-likeness (QED) is 0.524. The van der Waals surface area contributed by atoms with Crippen LogP contribution in [-0.2, 0) is 4.74 Å². The first-order chi connectivity index (χ1) is 10.6. The number of aromatic nitrogens is 4. The van der Waals surface area contributed by atoms with E-state index in [1.54, 1.807) is 6.92 Å². The van der Waals surface area contributed by atoms with E-state index in [9.17, 15) is 10.2 Å². The van der Waals surface area contributed by atoms with Crippen molar-refractivity contribution in [3.05, 3.63) is 6.33 Å². The van der Waals surface area contributed by atoms with Gasteiger partial charge in [-0.25, -0.2) is 4.98 Å². The van der Waals surface area contributed by atoms with Crippen LogP contribution in [0.15, 0.2) is 6.33 Å². The number of aliphatic hydroxyl groups is 3.